The third-order valence-electron chi connectivity index (χ3n) is 2.97. The largest absolute Gasteiger partial charge is 0.364 e. The smallest absolute Gasteiger partial charge is 0.271 e. The van der Waals surface area contributed by atoms with Gasteiger partial charge in [0.15, 0.2) is 5.69 Å². The van der Waals surface area contributed by atoms with Crippen molar-refractivity contribution in [1.29, 1.82) is 0 Å². The number of primary amides is 1. The van der Waals surface area contributed by atoms with Gasteiger partial charge >= 0.3 is 0 Å². The number of anilines is 1. The fraction of sp³-hybridized carbons (Fsp3) is 0.0769. The van der Waals surface area contributed by atoms with Gasteiger partial charge in [-0.2, -0.15) is 5.10 Å². The van der Waals surface area contributed by atoms with Gasteiger partial charge < -0.3 is 5.73 Å². The molecule has 2 heterocycles. The average Bonchev–Trinajstić information content (AvgIpc) is 3.02. The molecule has 114 valence electrons. The number of rotatable bonds is 4. The van der Waals surface area contributed by atoms with E-state index >= 15 is 0 Å². The average molecular weight is 336 g/mol. The van der Waals surface area contributed by atoms with Gasteiger partial charge in [0, 0.05) is 17.9 Å². The van der Waals surface area contributed by atoms with E-state index in [-0.39, 0.29) is 15.6 Å². The van der Waals surface area contributed by atoms with Crippen molar-refractivity contribution in [2.45, 2.75) is 4.21 Å². The Morgan fingerprint density at radius 3 is 2.77 bits per heavy atom. The molecule has 0 atom stereocenters. The number of nitrogens with two attached hydrogens (primary N) is 1. The number of aromatic nitrogens is 2. The quantitative estimate of drug-likeness (QED) is 0.753. The van der Waals surface area contributed by atoms with Crippen LogP contribution in [0.1, 0.15) is 10.5 Å². The molecule has 0 aliphatic rings. The van der Waals surface area contributed by atoms with Crippen LogP contribution in [0, 0.1) is 0 Å². The van der Waals surface area contributed by atoms with Crippen LogP contribution in [0.2, 0.25) is 0 Å². The summed E-state index contributed by atoms with van der Waals surface area (Å²) in [5.41, 5.74) is 5.14. The molecule has 3 N–H and O–H groups in total. The lowest BCUT2D eigenvalue weighted by Crippen LogP contribution is -2.17. The van der Waals surface area contributed by atoms with Crippen LogP contribution < -0.4 is 10.5 Å². The highest BCUT2D eigenvalue weighted by Crippen LogP contribution is 2.30. The number of fused-ring (bicyclic) bond motifs is 1. The Labute approximate surface area is 130 Å². The molecule has 0 fully saturated rings. The molecule has 3 rings (SSSR count). The number of carbonyl (C=O) groups is 1. The number of benzene rings is 1. The Bertz CT molecular complexity index is 939. The summed E-state index contributed by atoms with van der Waals surface area (Å²) in [5.74, 6) is -0.797. The van der Waals surface area contributed by atoms with Crippen molar-refractivity contribution in [1.82, 2.24) is 9.78 Å². The van der Waals surface area contributed by atoms with E-state index in [4.69, 9.17) is 5.73 Å². The summed E-state index contributed by atoms with van der Waals surface area (Å²) in [4.78, 5) is 11.3. The van der Waals surface area contributed by atoms with Gasteiger partial charge in [0.25, 0.3) is 15.9 Å². The number of hydrogen-bond acceptors (Lipinski definition) is 5. The lowest BCUT2D eigenvalue weighted by Gasteiger charge is -2.04. The van der Waals surface area contributed by atoms with Gasteiger partial charge in [-0.1, -0.05) is 18.2 Å². The summed E-state index contributed by atoms with van der Waals surface area (Å²) in [5, 5.41) is 4.69. The molecular weight excluding hydrogens is 324 g/mol. The Morgan fingerprint density at radius 2 is 2.09 bits per heavy atom. The van der Waals surface area contributed by atoms with E-state index in [9.17, 15) is 13.2 Å². The molecule has 0 saturated carbocycles. The van der Waals surface area contributed by atoms with Crippen LogP contribution in [0.4, 0.5) is 5.69 Å². The Kier molecular flexibility index (Phi) is 3.38. The maximum absolute atomic E-state index is 12.5. The zero-order chi connectivity index (χ0) is 15.9. The zero-order valence-corrected chi connectivity index (χ0v) is 13.1. The highest BCUT2D eigenvalue weighted by atomic mass is 32.2. The number of sulfonamides is 1. The normalized spacial score (nSPS) is 11.7. The second-order valence-electron chi connectivity index (χ2n) is 4.64. The molecule has 0 saturated heterocycles. The number of thiophene rings is 1. The lowest BCUT2D eigenvalue weighted by atomic mass is 10.3. The number of carbonyl (C=O) groups excluding carboxylic acids is 1. The van der Waals surface area contributed by atoms with E-state index < -0.39 is 15.9 Å². The van der Waals surface area contributed by atoms with E-state index in [0.29, 0.717) is 0 Å². The van der Waals surface area contributed by atoms with Gasteiger partial charge in [-0.15, -0.1) is 11.3 Å². The molecule has 3 aromatic rings. The number of nitrogens with one attached hydrogen (secondary N) is 1. The van der Waals surface area contributed by atoms with Gasteiger partial charge in [0.05, 0.1) is 5.69 Å². The topological polar surface area (TPSA) is 107 Å². The third kappa shape index (κ3) is 2.55. The summed E-state index contributed by atoms with van der Waals surface area (Å²) in [6.45, 7) is 0. The fourth-order valence-electron chi connectivity index (χ4n) is 2.03. The molecular formula is C13H12N4O3S2. The number of aryl methyl sites for hydroxylation is 1. The SMILES string of the molecule is Cn1cc(NS(=O)(=O)c2cc3ccccc3s2)c(C(N)=O)n1. The molecule has 1 amide bonds. The van der Waals surface area contributed by atoms with Gasteiger partial charge in [-0.05, 0) is 17.5 Å². The molecule has 0 aliphatic carbocycles. The zero-order valence-electron chi connectivity index (χ0n) is 11.5. The van der Waals surface area contributed by atoms with Crippen LogP contribution in [0.25, 0.3) is 10.1 Å². The Balaban J connectivity index is 2.02. The molecule has 0 unspecified atom stereocenters. The van der Waals surface area contributed by atoms with Gasteiger partial charge in [0.1, 0.15) is 4.21 Å². The first kappa shape index (κ1) is 14.5. The number of hydrogen-bond donors (Lipinski definition) is 2. The maximum atomic E-state index is 12.5. The van der Waals surface area contributed by atoms with Crippen LogP contribution in [0.3, 0.4) is 0 Å². The van der Waals surface area contributed by atoms with Crippen molar-refractivity contribution in [3.63, 3.8) is 0 Å². The second kappa shape index (κ2) is 5.11. The van der Waals surface area contributed by atoms with Crippen molar-refractivity contribution in [3.05, 3.63) is 42.2 Å². The molecule has 0 spiro atoms. The van der Waals surface area contributed by atoms with Crippen molar-refractivity contribution < 1.29 is 13.2 Å². The van der Waals surface area contributed by atoms with Gasteiger partial charge in [-0.25, -0.2) is 8.42 Å². The van der Waals surface area contributed by atoms with E-state index in [0.717, 1.165) is 21.4 Å². The summed E-state index contributed by atoms with van der Waals surface area (Å²) >= 11 is 1.15. The monoisotopic (exact) mass is 336 g/mol. The van der Waals surface area contributed by atoms with E-state index in [1.165, 1.54) is 10.9 Å². The molecule has 9 heteroatoms. The third-order valence-corrected chi connectivity index (χ3v) is 5.93. The van der Waals surface area contributed by atoms with E-state index in [2.05, 4.69) is 9.82 Å². The van der Waals surface area contributed by atoms with E-state index in [1.54, 1.807) is 13.1 Å². The Morgan fingerprint density at radius 1 is 1.36 bits per heavy atom. The predicted molar refractivity (Wildman–Crippen MR) is 84.4 cm³/mol. The first-order valence-electron chi connectivity index (χ1n) is 6.22. The highest BCUT2D eigenvalue weighted by Gasteiger charge is 2.22. The van der Waals surface area contributed by atoms with Crippen LogP contribution in [0.15, 0.2) is 40.7 Å². The second-order valence-corrected chi connectivity index (χ2v) is 7.63. The summed E-state index contributed by atoms with van der Waals surface area (Å²) < 4.78 is 29.6. The van der Waals surface area contributed by atoms with Crippen molar-refractivity contribution in [3.8, 4) is 0 Å². The minimum Gasteiger partial charge on any atom is -0.364 e. The molecule has 22 heavy (non-hydrogen) atoms. The van der Waals surface area contributed by atoms with Crippen LogP contribution in [0.5, 0.6) is 0 Å². The summed E-state index contributed by atoms with van der Waals surface area (Å²) in [6.07, 6.45) is 1.39. The standard InChI is InChI=1S/C13H12N4O3S2/c1-17-7-9(12(15-17)13(14)18)16-22(19,20)11-6-8-4-2-3-5-10(8)21-11/h2-7,16H,1H3,(H2,14,18). The highest BCUT2D eigenvalue weighted by molar-refractivity contribution is 7.94. The fourth-order valence-corrected chi connectivity index (χ4v) is 4.48. The van der Waals surface area contributed by atoms with Crippen LogP contribution in [-0.2, 0) is 17.1 Å². The number of amides is 1. The molecule has 7 nitrogen and oxygen atoms in total. The van der Waals surface area contributed by atoms with Crippen molar-refractivity contribution in [2.24, 2.45) is 12.8 Å². The van der Waals surface area contributed by atoms with Gasteiger partial charge in [0.2, 0.25) is 0 Å². The van der Waals surface area contributed by atoms with Crippen molar-refractivity contribution >= 4 is 43.0 Å². The van der Waals surface area contributed by atoms with Gasteiger partial charge in [-0.3, -0.25) is 14.2 Å². The minimum absolute atomic E-state index is 0.0625. The molecule has 0 radical (unpaired) electrons. The Hall–Kier alpha value is -2.39. The molecule has 0 aliphatic heterocycles. The molecule has 1 aromatic carbocycles. The van der Waals surface area contributed by atoms with E-state index in [1.807, 2.05) is 24.3 Å². The number of nitrogens with zero attached hydrogens (tertiary/aromatic N) is 2. The van der Waals surface area contributed by atoms with Crippen LogP contribution in [-0.4, -0.2) is 24.1 Å². The minimum atomic E-state index is -3.81. The summed E-state index contributed by atoms with van der Waals surface area (Å²) in [7, 11) is -2.24. The first-order chi connectivity index (χ1) is 10.4. The molecule has 2 aromatic heterocycles. The summed E-state index contributed by atoms with van der Waals surface area (Å²) in [6, 6.07) is 8.95. The first-order valence-corrected chi connectivity index (χ1v) is 8.51. The predicted octanol–water partition coefficient (Wildman–Crippen LogP) is 1.53. The molecule has 0 bridgehead atoms. The van der Waals surface area contributed by atoms with Crippen molar-refractivity contribution in [2.75, 3.05) is 4.72 Å². The maximum Gasteiger partial charge on any atom is 0.271 e. The van der Waals surface area contributed by atoms with Crippen LogP contribution >= 0.6 is 11.3 Å². The lowest BCUT2D eigenvalue weighted by molar-refractivity contribution is 0.0995.